The lowest BCUT2D eigenvalue weighted by Gasteiger charge is -2.34. The van der Waals surface area contributed by atoms with E-state index in [1.165, 1.54) is 0 Å². The summed E-state index contributed by atoms with van der Waals surface area (Å²) in [6.07, 6.45) is 1.56. The minimum absolute atomic E-state index is 0.0311. The van der Waals surface area contributed by atoms with E-state index >= 15 is 0 Å². The highest BCUT2D eigenvalue weighted by Gasteiger charge is 2.38. The Labute approximate surface area is 139 Å². The van der Waals surface area contributed by atoms with Crippen LogP contribution in [0.2, 0.25) is 0 Å². The number of nitrogens with one attached hydrogen (secondary N) is 2. The smallest absolute Gasteiger partial charge is 0.230 e. The third kappa shape index (κ3) is 2.89. The monoisotopic (exact) mass is 325 g/mol. The molecule has 4 rings (SSSR count). The maximum atomic E-state index is 12.5. The highest BCUT2D eigenvalue weighted by molar-refractivity contribution is 5.81. The van der Waals surface area contributed by atoms with Gasteiger partial charge in [-0.15, -0.1) is 0 Å². The van der Waals surface area contributed by atoms with Gasteiger partial charge in [-0.2, -0.15) is 5.10 Å². The number of rotatable bonds is 3. The fourth-order valence-corrected chi connectivity index (χ4v) is 3.51. The summed E-state index contributed by atoms with van der Waals surface area (Å²) >= 11 is 0. The molecule has 2 N–H and O–H groups in total. The van der Waals surface area contributed by atoms with Gasteiger partial charge >= 0.3 is 0 Å². The van der Waals surface area contributed by atoms with E-state index < -0.39 is 0 Å². The normalized spacial score (nSPS) is 23.0. The van der Waals surface area contributed by atoms with Crippen LogP contribution in [0.1, 0.15) is 18.7 Å². The van der Waals surface area contributed by atoms with E-state index in [9.17, 15) is 9.59 Å². The van der Waals surface area contributed by atoms with E-state index in [0.29, 0.717) is 31.2 Å². The first-order chi connectivity index (χ1) is 11.7. The van der Waals surface area contributed by atoms with Gasteiger partial charge in [-0.25, -0.2) is 4.98 Å². The maximum Gasteiger partial charge on any atom is 0.230 e. The zero-order valence-corrected chi connectivity index (χ0v) is 13.2. The molecular weight excluding hydrogens is 306 g/mol. The van der Waals surface area contributed by atoms with Gasteiger partial charge in [0.2, 0.25) is 11.8 Å². The number of piperidine rings is 1. The van der Waals surface area contributed by atoms with Crippen molar-refractivity contribution in [3.05, 3.63) is 36.2 Å². The standard InChI is InChI=1S/C17H19N5O2/c23-15-8-12-10-22(7-6-13(12)18-15)16(24)9-14-19-17(21-20-14)11-4-2-1-3-5-11/h1-5,12-13H,6-10H2,(H,18,23)(H,19,20,21)/t12-,13+/m1/s1. The molecule has 7 nitrogen and oxygen atoms in total. The van der Waals surface area contributed by atoms with Crippen molar-refractivity contribution in [3.8, 4) is 11.4 Å². The predicted molar refractivity (Wildman–Crippen MR) is 86.8 cm³/mol. The van der Waals surface area contributed by atoms with E-state index in [4.69, 9.17) is 0 Å². The third-order valence-corrected chi connectivity index (χ3v) is 4.76. The molecule has 2 amide bonds. The van der Waals surface area contributed by atoms with Crippen LogP contribution in [0, 0.1) is 5.92 Å². The Morgan fingerprint density at radius 1 is 1.29 bits per heavy atom. The van der Waals surface area contributed by atoms with Crippen molar-refractivity contribution < 1.29 is 9.59 Å². The molecule has 2 fully saturated rings. The fraction of sp³-hybridized carbons (Fsp3) is 0.412. The highest BCUT2D eigenvalue weighted by atomic mass is 16.2. The first-order valence-electron chi connectivity index (χ1n) is 8.23. The van der Waals surface area contributed by atoms with Crippen molar-refractivity contribution in [3.63, 3.8) is 0 Å². The Hall–Kier alpha value is -2.70. The molecule has 1 aromatic carbocycles. The first-order valence-corrected chi connectivity index (χ1v) is 8.23. The average molecular weight is 325 g/mol. The lowest BCUT2D eigenvalue weighted by Crippen LogP contribution is -2.47. The van der Waals surface area contributed by atoms with Crippen LogP contribution in [0.5, 0.6) is 0 Å². The van der Waals surface area contributed by atoms with Gasteiger partial charge < -0.3 is 10.2 Å². The minimum atomic E-state index is 0.0311. The summed E-state index contributed by atoms with van der Waals surface area (Å²) in [5.74, 6) is 1.54. The molecular formula is C17H19N5O2. The largest absolute Gasteiger partial charge is 0.353 e. The summed E-state index contributed by atoms with van der Waals surface area (Å²) in [7, 11) is 0. The van der Waals surface area contributed by atoms with Gasteiger partial charge in [0.1, 0.15) is 5.82 Å². The van der Waals surface area contributed by atoms with Crippen LogP contribution in [0.4, 0.5) is 0 Å². The summed E-state index contributed by atoms with van der Waals surface area (Å²) in [5.41, 5.74) is 0.920. The zero-order valence-electron chi connectivity index (χ0n) is 13.2. The maximum absolute atomic E-state index is 12.5. The number of amides is 2. The van der Waals surface area contributed by atoms with Crippen LogP contribution < -0.4 is 5.32 Å². The van der Waals surface area contributed by atoms with E-state index in [1.54, 1.807) is 0 Å². The lowest BCUT2D eigenvalue weighted by atomic mass is 9.93. The minimum Gasteiger partial charge on any atom is -0.353 e. The van der Waals surface area contributed by atoms with Gasteiger partial charge in [0.15, 0.2) is 5.82 Å². The number of fused-ring (bicyclic) bond motifs is 1. The molecule has 2 aromatic rings. The molecule has 2 aliphatic rings. The molecule has 0 aliphatic carbocycles. The lowest BCUT2D eigenvalue weighted by molar-refractivity contribution is -0.132. The molecule has 0 saturated carbocycles. The number of benzene rings is 1. The Balaban J connectivity index is 1.40. The summed E-state index contributed by atoms with van der Waals surface area (Å²) in [5, 5.41) is 10.0. The predicted octanol–water partition coefficient (Wildman–Crippen LogP) is 0.751. The summed E-state index contributed by atoms with van der Waals surface area (Å²) < 4.78 is 0. The van der Waals surface area contributed by atoms with Crippen LogP contribution in [0.25, 0.3) is 11.4 Å². The van der Waals surface area contributed by atoms with Gasteiger partial charge in [0.05, 0.1) is 6.42 Å². The second kappa shape index (κ2) is 6.07. The SMILES string of the molecule is O=C1C[C@@H]2CN(C(=O)Cc3nc(-c4ccccc4)n[nH]3)CC[C@@H]2N1. The summed E-state index contributed by atoms with van der Waals surface area (Å²) in [6, 6.07) is 9.89. The number of carbonyl (C=O) groups excluding carboxylic acids is 2. The molecule has 0 bridgehead atoms. The van der Waals surface area contributed by atoms with Gasteiger partial charge in [0, 0.05) is 37.0 Å². The number of aromatic nitrogens is 3. The second-order valence-corrected chi connectivity index (χ2v) is 6.42. The van der Waals surface area contributed by atoms with Crippen molar-refractivity contribution in [2.45, 2.75) is 25.3 Å². The molecule has 0 spiro atoms. The van der Waals surface area contributed by atoms with E-state index in [-0.39, 0.29) is 30.2 Å². The second-order valence-electron chi connectivity index (χ2n) is 6.42. The van der Waals surface area contributed by atoms with Crippen molar-refractivity contribution in [2.75, 3.05) is 13.1 Å². The van der Waals surface area contributed by atoms with Crippen molar-refractivity contribution in [2.24, 2.45) is 5.92 Å². The Morgan fingerprint density at radius 2 is 2.12 bits per heavy atom. The van der Waals surface area contributed by atoms with Gasteiger partial charge in [0.25, 0.3) is 0 Å². The third-order valence-electron chi connectivity index (χ3n) is 4.76. The van der Waals surface area contributed by atoms with Crippen molar-refractivity contribution >= 4 is 11.8 Å². The quantitative estimate of drug-likeness (QED) is 0.871. The van der Waals surface area contributed by atoms with Gasteiger partial charge in [-0.1, -0.05) is 30.3 Å². The van der Waals surface area contributed by atoms with Crippen molar-refractivity contribution in [1.82, 2.24) is 25.4 Å². The summed E-state index contributed by atoms with van der Waals surface area (Å²) in [6.45, 7) is 1.32. The fourth-order valence-electron chi connectivity index (χ4n) is 3.51. The Kier molecular flexibility index (Phi) is 3.76. The van der Waals surface area contributed by atoms with Gasteiger partial charge in [-0.05, 0) is 6.42 Å². The topological polar surface area (TPSA) is 91.0 Å². The number of aromatic amines is 1. The number of hydrogen-bond acceptors (Lipinski definition) is 4. The number of hydrogen-bond donors (Lipinski definition) is 2. The first kappa shape index (κ1) is 14.9. The van der Waals surface area contributed by atoms with E-state index in [0.717, 1.165) is 12.0 Å². The van der Waals surface area contributed by atoms with E-state index in [2.05, 4.69) is 20.5 Å². The number of nitrogens with zero attached hydrogens (tertiary/aromatic N) is 3. The molecule has 2 atom stereocenters. The number of carbonyl (C=O) groups is 2. The Morgan fingerprint density at radius 3 is 2.96 bits per heavy atom. The molecule has 2 saturated heterocycles. The highest BCUT2D eigenvalue weighted by Crippen LogP contribution is 2.25. The average Bonchev–Trinajstić information content (AvgIpc) is 3.20. The van der Waals surface area contributed by atoms with E-state index in [1.807, 2.05) is 35.2 Å². The molecule has 124 valence electrons. The van der Waals surface area contributed by atoms with Crippen LogP contribution >= 0.6 is 0 Å². The zero-order chi connectivity index (χ0) is 16.5. The molecule has 0 unspecified atom stereocenters. The molecule has 24 heavy (non-hydrogen) atoms. The number of likely N-dealkylation sites (tertiary alicyclic amines) is 1. The van der Waals surface area contributed by atoms with Crippen molar-refractivity contribution in [1.29, 1.82) is 0 Å². The molecule has 3 heterocycles. The van der Waals surface area contributed by atoms with Crippen LogP contribution in [0.3, 0.4) is 0 Å². The molecule has 0 radical (unpaired) electrons. The summed E-state index contributed by atoms with van der Waals surface area (Å²) in [4.78, 5) is 30.2. The molecule has 2 aliphatic heterocycles. The van der Waals surface area contributed by atoms with Crippen LogP contribution in [0.15, 0.2) is 30.3 Å². The number of H-pyrrole nitrogens is 1. The van der Waals surface area contributed by atoms with Crippen LogP contribution in [-0.2, 0) is 16.0 Å². The molecule has 7 heteroatoms. The molecule has 1 aromatic heterocycles. The van der Waals surface area contributed by atoms with Crippen LogP contribution in [-0.4, -0.2) is 51.0 Å². The Bertz CT molecular complexity index is 757. The van der Waals surface area contributed by atoms with Gasteiger partial charge in [-0.3, -0.25) is 14.7 Å².